The molecule has 1 aliphatic rings. The lowest BCUT2D eigenvalue weighted by Crippen LogP contribution is -2.29. The lowest BCUT2D eigenvalue weighted by atomic mass is 10.2. The van der Waals surface area contributed by atoms with Crippen molar-refractivity contribution >= 4 is 11.7 Å². The molecule has 0 saturated carbocycles. The molecule has 1 fully saturated rings. The lowest BCUT2D eigenvalue weighted by molar-refractivity contribution is -0.135. The van der Waals surface area contributed by atoms with E-state index in [9.17, 15) is 4.79 Å². The Bertz CT molecular complexity index is 253. The fraction of sp³-hybridized carbons (Fsp3) is 0.800. The monoisotopic (exact) mass is 214 g/mol. The van der Waals surface area contributed by atoms with Crippen molar-refractivity contribution in [2.45, 2.75) is 32.2 Å². The number of carbonyl (C=O) groups is 1. The summed E-state index contributed by atoms with van der Waals surface area (Å²) in [6, 6.07) is 0.304. The van der Waals surface area contributed by atoms with Crippen LogP contribution in [-0.4, -0.2) is 48.1 Å². The third-order valence-electron chi connectivity index (χ3n) is 2.41. The van der Waals surface area contributed by atoms with Gasteiger partial charge in [0.1, 0.15) is 0 Å². The Morgan fingerprint density at radius 2 is 2.40 bits per heavy atom. The van der Waals surface area contributed by atoms with E-state index in [1.165, 1.54) is 0 Å². The first-order valence-electron chi connectivity index (χ1n) is 5.15. The van der Waals surface area contributed by atoms with Crippen molar-refractivity contribution in [1.82, 2.24) is 5.01 Å². The van der Waals surface area contributed by atoms with Crippen molar-refractivity contribution < 1.29 is 14.6 Å². The van der Waals surface area contributed by atoms with Crippen LogP contribution < -0.4 is 0 Å². The molecule has 0 spiro atoms. The maximum Gasteiger partial charge on any atom is 0.309 e. The second-order valence-corrected chi connectivity index (χ2v) is 3.82. The number of hydrazone groups is 1. The molecule has 1 saturated heterocycles. The number of carboxylic acid groups (broad SMARTS) is 1. The maximum absolute atomic E-state index is 10.5. The van der Waals surface area contributed by atoms with Crippen LogP contribution in [0.3, 0.4) is 0 Å². The van der Waals surface area contributed by atoms with Gasteiger partial charge in [-0.1, -0.05) is 0 Å². The summed E-state index contributed by atoms with van der Waals surface area (Å²) < 4.78 is 5.09. The molecule has 0 radical (unpaired) electrons. The van der Waals surface area contributed by atoms with Crippen LogP contribution in [0.25, 0.3) is 0 Å². The van der Waals surface area contributed by atoms with Crippen molar-refractivity contribution in [2.75, 3.05) is 20.3 Å². The Morgan fingerprint density at radius 1 is 1.67 bits per heavy atom. The van der Waals surface area contributed by atoms with E-state index >= 15 is 0 Å². The van der Waals surface area contributed by atoms with Gasteiger partial charge in [0.05, 0.1) is 19.1 Å². The SMILES string of the molecule is COC[C@@H]1CCCN1N=C(C)CC(=O)O. The van der Waals surface area contributed by atoms with Gasteiger partial charge < -0.3 is 9.84 Å². The molecule has 0 amide bonds. The Morgan fingerprint density at radius 3 is 3.00 bits per heavy atom. The van der Waals surface area contributed by atoms with Crippen molar-refractivity contribution in [3.63, 3.8) is 0 Å². The molecule has 0 bridgehead atoms. The molecule has 1 aliphatic heterocycles. The lowest BCUT2D eigenvalue weighted by Gasteiger charge is -2.21. The van der Waals surface area contributed by atoms with Crippen LogP contribution in [0, 0.1) is 0 Å². The molecule has 5 heteroatoms. The molecule has 1 rings (SSSR count). The van der Waals surface area contributed by atoms with E-state index in [0.29, 0.717) is 18.4 Å². The number of hydrogen-bond donors (Lipinski definition) is 1. The normalized spacial score (nSPS) is 22.1. The summed E-state index contributed by atoms with van der Waals surface area (Å²) in [5.41, 5.74) is 0.644. The molecule has 1 heterocycles. The van der Waals surface area contributed by atoms with E-state index in [2.05, 4.69) is 5.10 Å². The smallest absolute Gasteiger partial charge is 0.309 e. The van der Waals surface area contributed by atoms with Crippen LogP contribution in [0.5, 0.6) is 0 Å². The van der Waals surface area contributed by atoms with Crippen LogP contribution in [0.15, 0.2) is 5.10 Å². The first kappa shape index (κ1) is 12.0. The van der Waals surface area contributed by atoms with Gasteiger partial charge in [0.15, 0.2) is 0 Å². The van der Waals surface area contributed by atoms with Crippen molar-refractivity contribution in [3.8, 4) is 0 Å². The third-order valence-corrected chi connectivity index (χ3v) is 2.41. The van der Waals surface area contributed by atoms with Crippen LogP contribution in [-0.2, 0) is 9.53 Å². The van der Waals surface area contributed by atoms with Gasteiger partial charge in [-0.05, 0) is 19.8 Å². The molecular weight excluding hydrogens is 196 g/mol. The molecule has 0 aliphatic carbocycles. The number of hydrogen-bond acceptors (Lipinski definition) is 4. The van der Waals surface area contributed by atoms with Gasteiger partial charge in [-0.25, -0.2) is 0 Å². The number of carboxylic acids is 1. The molecule has 0 aromatic rings. The fourth-order valence-electron chi connectivity index (χ4n) is 1.79. The van der Waals surface area contributed by atoms with Gasteiger partial charge in [-0.3, -0.25) is 9.80 Å². The highest BCUT2D eigenvalue weighted by Crippen LogP contribution is 2.17. The largest absolute Gasteiger partial charge is 0.481 e. The second kappa shape index (κ2) is 5.70. The van der Waals surface area contributed by atoms with Crippen molar-refractivity contribution in [3.05, 3.63) is 0 Å². The minimum Gasteiger partial charge on any atom is -0.481 e. The summed E-state index contributed by atoms with van der Waals surface area (Å²) in [5.74, 6) is -0.835. The summed E-state index contributed by atoms with van der Waals surface area (Å²) >= 11 is 0. The predicted octanol–water partition coefficient (Wildman–Crippen LogP) is 0.948. The molecule has 0 unspecified atom stereocenters. The topological polar surface area (TPSA) is 62.1 Å². The molecule has 0 aromatic carbocycles. The van der Waals surface area contributed by atoms with Crippen LogP contribution >= 0.6 is 0 Å². The van der Waals surface area contributed by atoms with Gasteiger partial charge in [0, 0.05) is 19.4 Å². The van der Waals surface area contributed by atoms with E-state index < -0.39 is 5.97 Å². The second-order valence-electron chi connectivity index (χ2n) is 3.82. The molecule has 1 N–H and O–H groups in total. The quantitative estimate of drug-likeness (QED) is 0.692. The molecular formula is C10H18N2O3. The van der Waals surface area contributed by atoms with E-state index in [1.54, 1.807) is 14.0 Å². The van der Waals surface area contributed by atoms with E-state index in [4.69, 9.17) is 9.84 Å². The Hall–Kier alpha value is -1.10. The summed E-state index contributed by atoms with van der Waals surface area (Å²) in [4.78, 5) is 10.5. The highest BCUT2D eigenvalue weighted by atomic mass is 16.5. The molecule has 1 atom stereocenters. The number of methoxy groups -OCH3 is 1. The van der Waals surface area contributed by atoms with E-state index in [1.807, 2.05) is 5.01 Å². The predicted molar refractivity (Wildman–Crippen MR) is 57.0 cm³/mol. The van der Waals surface area contributed by atoms with Crippen LogP contribution in [0.1, 0.15) is 26.2 Å². The summed E-state index contributed by atoms with van der Waals surface area (Å²) in [7, 11) is 1.67. The zero-order valence-electron chi connectivity index (χ0n) is 9.27. The summed E-state index contributed by atoms with van der Waals surface area (Å²) in [6.07, 6.45) is 2.17. The van der Waals surface area contributed by atoms with Gasteiger partial charge in [-0.2, -0.15) is 5.10 Å². The molecule has 0 aromatic heterocycles. The molecule has 86 valence electrons. The summed E-state index contributed by atoms with van der Waals surface area (Å²) in [5, 5.41) is 14.9. The van der Waals surface area contributed by atoms with E-state index in [-0.39, 0.29) is 6.42 Å². The maximum atomic E-state index is 10.5. The van der Waals surface area contributed by atoms with Gasteiger partial charge in [0.2, 0.25) is 0 Å². The number of nitrogens with zero attached hydrogens (tertiary/aromatic N) is 2. The Labute approximate surface area is 89.7 Å². The van der Waals surface area contributed by atoms with Crippen molar-refractivity contribution in [1.29, 1.82) is 0 Å². The third kappa shape index (κ3) is 3.87. The van der Waals surface area contributed by atoms with Crippen LogP contribution in [0.4, 0.5) is 0 Å². The van der Waals surface area contributed by atoms with E-state index in [0.717, 1.165) is 19.4 Å². The first-order chi connectivity index (χ1) is 7.13. The molecule has 15 heavy (non-hydrogen) atoms. The van der Waals surface area contributed by atoms with Gasteiger partial charge in [-0.15, -0.1) is 0 Å². The van der Waals surface area contributed by atoms with Crippen LogP contribution in [0.2, 0.25) is 0 Å². The highest BCUT2D eigenvalue weighted by Gasteiger charge is 2.23. The zero-order chi connectivity index (χ0) is 11.3. The minimum atomic E-state index is -0.835. The zero-order valence-corrected chi connectivity index (χ0v) is 9.27. The average Bonchev–Trinajstić information content (AvgIpc) is 2.52. The number of ether oxygens (including phenoxy) is 1. The van der Waals surface area contributed by atoms with Gasteiger partial charge in [0.25, 0.3) is 0 Å². The highest BCUT2D eigenvalue weighted by molar-refractivity contribution is 5.96. The Kier molecular flexibility index (Phi) is 4.55. The number of aliphatic carboxylic acids is 1. The average molecular weight is 214 g/mol. The molecule has 5 nitrogen and oxygen atoms in total. The van der Waals surface area contributed by atoms with Crippen molar-refractivity contribution in [2.24, 2.45) is 5.10 Å². The fourth-order valence-corrected chi connectivity index (χ4v) is 1.79. The van der Waals surface area contributed by atoms with Gasteiger partial charge >= 0.3 is 5.97 Å². The first-order valence-corrected chi connectivity index (χ1v) is 5.15. The Balaban J connectivity index is 2.51. The standard InChI is InChI=1S/C10H18N2O3/c1-8(6-10(13)14)11-12-5-3-4-9(12)7-15-2/h9H,3-7H2,1-2H3,(H,13,14)/t9-/m0/s1. The number of rotatable bonds is 5. The summed E-state index contributed by atoms with van der Waals surface area (Å²) in [6.45, 7) is 3.30. The minimum absolute atomic E-state index is 0.0101.